The Morgan fingerprint density at radius 3 is 2.79 bits per heavy atom. The van der Waals surface area contributed by atoms with Crippen LogP contribution in [0.2, 0.25) is 0 Å². The zero-order chi connectivity index (χ0) is 13.8. The Hall–Kier alpha value is -1.30. The molecule has 0 aromatic carbocycles. The van der Waals surface area contributed by atoms with Gasteiger partial charge in [-0.25, -0.2) is 9.59 Å². The number of urea groups is 1. The van der Waals surface area contributed by atoms with Crippen molar-refractivity contribution in [3.8, 4) is 0 Å². The molecule has 2 aliphatic rings. The molecule has 2 heterocycles. The van der Waals surface area contributed by atoms with Gasteiger partial charge in [0.25, 0.3) is 0 Å². The third-order valence-corrected chi connectivity index (χ3v) is 3.86. The van der Waals surface area contributed by atoms with Gasteiger partial charge < -0.3 is 20.1 Å². The van der Waals surface area contributed by atoms with E-state index in [9.17, 15) is 9.59 Å². The van der Waals surface area contributed by atoms with E-state index in [1.165, 1.54) is 4.90 Å². The highest BCUT2D eigenvalue weighted by Gasteiger charge is 2.33. The summed E-state index contributed by atoms with van der Waals surface area (Å²) in [6.45, 7) is 3.16. The largest absolute Gasteiger partial charge is 0.480 e. The van der Waals surface area contributed by atoms with Crippen molar-refractivity contribution < 1.29 is 19.4 Å². The molecule has 2 N–H and O–H groups in total. The summed E-state index contributed by atoms with van der Waals surface area (Å²) < 4.78 is 5.44. The van der Waals surface area contributed by atoms with Crippen LogP contribution >= 0.6 is 0 Å². The monoisotopic (exact) mass is 270 g/mol. The fourth-order valence-electron chi connectivity index (χ4n) is 2.82. The molecule has 3 unspecified atom stereocenters. The summed E-state index contributed by atoms with van der Waals surface area (Å²) in [7, 11) is 0. The number of nitrogens with zero attached hydrogens (tertiary/aromatic N) is 1. The van der Waals surface area contributed by atoms with Crippen LogP contribution in [0, 0.1) is 0 Å². The number of carbonyl (C=O) groups excluding carboxylic acids is 1. The highest BCUT2D eigenvalue weighted by molar-refractivity contribution is 5.83. The van der Waals surface area contributed by atoms with Gasteiger partial charge in [0.2, 0.25) is 0 Å². The molecule has 2 fully saturated rings. The number of carboxylic acid groups (broad SMARTS) is 1. The number of carbonyl (C=O) groups is 2. The van der Waals surface area contributed by atoms with E-state index in [0.29, 0.717) is 19.6 Å². The Labute approximate surface area is 113 Å². The molecule has 0 radical (unpaired) electrons. The third-order valence-electron chi connectivity index (χ3n) is 3.86. The van der Waals surface area contributed by atoms with Crippen molar-refractivity contribution in [1.82, 2.24) is 10.2 Å². The second-order valence-electron chi connectivity index (χ2n) is 5.40. The predicted molar refractivity (Wildman–Crippen MR) is 68.9 cm³/mol. The van der Waals surface area contributed by atoms with Crippen molar-refractivity contribution in [2.75, 3.05) is 13.2 Å². The smallest absolute Gasteiger partial charge is 0.326 e. The third kappa shape index (κ3) is 3.59. The lowest BCUT2D eigenvalue weighted by molar-refractivity contribution is -0.143. The summed E-state index contributed by atoms with van der Waals surface area (Å²) >= 11 is 0. The molecule has 2 saturated heterocycles. The van der Waals surface area contributed by atoms with Crippen LogP contribution in [0.5, 0.6) is 0 Å². The molecule has 2 aliphatic heterocycles. The molecule has 2 amide bonds. The van der Waals surface area contributed by atoms with Gasteiger partial charge in [-0.3, -0.25) is 0 Å². The lowest BCUT2D eigenvalue weighted by atomic mass is 10.0. The fraction of sp³-hybridized carbons (Fsp3) is 0.846. The minimum Gasteiger partial charge on any atom is -0.480 e. The molecule has 0 aromatic rings. The number of aliphatic carboxylic acids is 1. The quantitative estimate of drug-likeness (QED) is 0.790. The molecular formula is C13H22N2O4. The second-order valence-corrected chi connectivity index (χ2v) is 5.40. The molecule has 6 heteroatoms. The normalized spacial score (nSPS) is 31.8. The van der Waals surface area contributed by atoms with Crippen molar-refractivity contribution in [2.45, 2.75) is 57.2 Å². The minimum atomic E-state index is -0.907. The molecule has 0 aromatic heterocycles. The molecule has 0 saturated carbocycles. The Balaban J connectivity index is 1.92. The molecule has 6 nitrogen and oxygen atoms in total. The Morgan fingerprint density at radius 1 is 1.32 bits per heavy atom. The van der Waals surface area contributed by atoms with Crippen molar-refractivity contribution in [3.05, 3.63) is 0 Å². The summed E-state index contributed by atoms with van der Waals surface area (Å²) in [5, 5.41) is 12.1. The summed E-state index contributed by atoms with van der Waals surface area (Å²) in [5.41, 5.74) is 0. The molecule has 19 heavy (non-hydrogen) atoms. The number of rotatable bonds is 2. The van der Waals surface area contributed by atoms with Gasteiger partial charge in [0.05, 0.1) is 6.10 Å². The van der Waals surface area contributed by atoms with Gasteiger partial charge >= 0.3 is 12.0 Å². The summed E-state index contributed by atoms with van der Waals surface area (Å²) in [5.74, 6) is -0.907. The zero-order valence-corrected chi connectivity index (χ0v) is 11.3. The van der Waals surface area contributed by atoms with Gasteiger partial charge in [-0.05, 0) is 39.0 Å². The van der Waals surface area contributed by atoms with E-state index >= 15 is 0 Å². The van der Waals surface area contributed by atoms with Crippen LogP contribution in [0.4, 0.5) is 4.79 Å². The van der Waals surface area contributed by atoms with Crippen LogP contribution in [0.25, 0.3) is 0 Å². The Bertz CT molecular complexity index is 348. The first-order valence-corrected chi connectivity index (χ1v) is 6.99. The van der Waals surface area contributed by atoms with E-state index in [2.05, 4.69) is 5.32 Å². The van der Waals surface area contributed by atoms with Gasteiger partial charge in [0.15, 0.2) is 0 Å². The van der Waals surface area contributed by atoms with Crippen LogP contribution < -0.4 is 5.32 Å². The highest BCUT2D eigenvalue weighted by atomic mass is 16.5. The van der Waals surface area contributed by atoms with Crippen molar-refractivity contribution in [1.29, 1.82) is 0 Å². The van der Waals surface area contributed by atoms with Gasteiger partial charge in [-0.15, -0.1) is 0 Å². The van der Waals surface area contributed by atoms with Crippen LogP contribution in [0.3, 0.4) is 0 Å². The molecule has 108 valence electrons. The van der Waals surface area contributed by atoms with E-state index in [1.54, 1.807) is 0 Å². The van der Waals surface area contributed by atoms with E-state index < -0.39 is 12.0 Å². The summed E-state index contributed by atoms with van der Waals surface area (Å²) in [4.78, 5) is 24.8. The first-order valence-electron chi connectivity index (χ1n) is 6.99. The summed E-state index contributed by atoms with van der Waals surface area (Å²) in [6.07, 6.45) is 4.03. The van der Waals surface area contributed by atoms with Crippen LogP contribution in [-0.4, -0.2) is 53.3 Å². The van der Waals surface area contributed by atoms with Gasteiger partial charge in [-0.1, -0.05) is 0 Å². The minimum absolute atomic E-state index is 0.0904. The number of hydrogen-bond acceptors (Lipinski definition) is 3. The maximum atomic E-state index is 12.2. The van der Waals surface area contributed by atoms with Crippen LogP contribution in [0.1, 0.15) is 39.0 Å². The lowest BCUT2D eigenvalue weighted by Gasteiger charge is -2.35. The first kappa shape index (κ1) is 14.1. The topological polar surface area (TPSA) is 78.9 Å². The molecule has 0 bridgehead atoms. The zero-order valence-electron chi connectivity index (χ0n) is 11.3. The Morgan fingerprint density at radius 2 is 2.11 bits per heavy atom. The van der Waals surface area contributed by atoms with Gasteiger partial charge in [0, 0.05) is 19.2 Å². The molecule has 3 atom stereocenters. The van der Waals surface area contributed by atoms with E-state index in [4.69, 9.17) is 9.84 Å². The molecule has 0 spiro atoms. The predicted octanol–water partition coefficient (Wildman–Crippen LogP) is 1.20. The first-order chi connectivity index (χ1) is 9.08. The number of likely N-dealkylation sites (tertiary alicyclic amines) is 1. The maximum absolute atomic E-state index is 12.2. The number of piperidine rings is 1. The standard InChI is InChI=1S/C13H22N2O4/c1-9-8-10(5-7-19-9)14-13(18)15-6-3-2-4-11(15)12(16)17/h9-11H,2-8H2,1H3,(H,14,18)(H,16,17). The average molecular weight is 270 g/mol. The second kappa shape index (κ2) is 6.23. The number of carboxylic acids is 1. The van der Waals surface area contributed by atoms with E-state index in [-0.39, 0.29) is 18.2 Å². The lowest BCUT2D eigenvalue weighted by Crippen LogP contribution is -2.54. The van der Waals surface area contributed by atoms with Crippen molar-refractivity contribution in [2.24, 2.45) is 0 Å². The van der Waals surface area contributed by atoms with Crippen LogP contribution in [0.15, 0.2) is 0 Å². The van der Waals surface area contributed by atoms with Gasteiger partial charge in [-0.2, -0.15) is 0 Å². The van der Waals surface area contributed by atoms with Crippen molar-refractivity contribution >= 4 is 12.0 Å². The maximum Gasteiger partial charge on any atom is 0.326 e. The SMILES string of the molecule is CC1CC(NC(=O)N2CCCCC2C(=O)O)CCO1. The fourth-order valence-corrected chi connectivity index (χ4v) is 2.82. The number of hydrogen-bond donors (Lipinski definition) is 2. The molecule has 0 aliphatic carbocycles. The molecular weight excluding hydrogens is 248 g/mol. The van der Waals surface area contributed by atoms with E-state index in [1.807, 2.05) is 6.92 Å². The number of ether oxygens (including phenoxy) is 1. The number of nitrogens with one attached hydrogen (secondary N) is 1. The summed E-state index contributed by atoms with van der Waals surface area (Å²) in [6, 6.07) is -0.829. The molecule has 2 rings (SSSR count). The van der Waals surface area contributed by atoms with Crippen LogP contribution in [-0.2, 0) is 9.53 Å². The Kier molecular flexibility index (Phi) is 4.63. The number of amides is 2. The average Bonchev–Trinajstić information content (AvgIpc) is 2.38. The van der Waals surface area contributed by atoms with E-state index in [0.717, 1.165) is 25.7 Å². The van der Waals surface area contributed by atoms with Gasteiger partial charge in [0.1, 0.15) is 6.04 Å². The van der Waals surface area contributed by atoms with Crippen molar-refractivity contribution in [3.63, 3.8) is 0 Å². The highest BCUT2D eigenvalue weighted by Crippen LogP contribution is 2.19.